The zero-order valence-corrected chi connectivity index (χ0v) is 21.9. The molecule has 0 unspecified atom stereocenters. The number of benzene rings is 2. The Bertz CT molecular complexity index is 1310. The summed E-state index contributed by atoms with van der Waals surface area (Å²) in [5.41, 5.74) is 2.44. The maximum Gasteiger partial charge on any atom is 0.494 e. The van der Waals surface area contributed by atoms with Crippen LogP contribution in [0.15, 0.2) is 70.0 Å². The molecule has 1 aromatic heterocycles. The Morgan fingerprint density at radius 3 is 2.31 bits per heavy atom. The van der Waals surface area contributed by atoms with Crippen LogP contribution in [0.1, 0.15) is 32.3 Å². The van der Waals surface area contributed by atoms with Crippen LogP contribution in [0.2, 0.25) is 0 Å². The number of fused-ring (bicyclic) bond motifs is 1. The van der Waals surface area contributed by atoms with Crippen molar-refractivity contribution in [2.45, 2.75) is 56.5 Å². The molecule has 39 heavy (non-hydrogen) atoms. The standard InChI is InChI=1S/C27H26F6O5S/c1-4-18-7-5-6-8-21(18)23-15-19-9-10-20(16-22(19)36-23)39-14-12-26(30,31)38-27(32,33)37-25(28,29)11-13-35-24(34)17(2)3/h5-10,15-16H,2,4,11-14H2,1,3H3. The lowest BCUT2D eigenvalue weighted by Gasteiger charge is -2.26. The lowest BCUT2D eigenvalue weighted by molar-refractivity contribution is -0.514. The quantitative estimate of drug-likeness (QED) is 0.0631. The number of carbonyl (C=O) groups is 1. The van der Waals surface area contributed by atoms with E-state index in [9.17, 15) is 31.1 Å². The second kappa shape index (κ2) is 12.5. The van der Waals surface area contributed by atoms with Crippen molar-refractivity contribution in [2.24, 2.45) is 0 Å². The number of aryl methyl sites for hydroxylation is 1. The third kappa shape index (κ3) is 9.04. The number of esters is 1. The number of thioether (sulfide) groups is 1. The first kappa shape index (κ1) is 30.6. The first-order valence-corrected chi connectivity index (χ1v) is 12.8. The van der Waals surface area contributed by atoms with Crippen molar-refractivity contribution in [1.29, 1.82) is 0 Å². The van der Waals surface area contributed by atoms with Gasteiger partial charge in [0.1, 0.15) is 11.3 Å². The van der Waals surface area contributed by atoms with Crippen LogP contribution in [-0.4, -0.2) is 36.8 Å². The van der Waals surface area contributed by atoms with Crippen molar-refractivity contribution >= 4 is 28.7 Å². The molecule has 0 N–H and O–H groups in total. The molecule has 12 heteroatoms. The number of ether oxygens (including phenoxy) is 3. The molecule has 0 spiro atoms. The van der Waals surface area contributed by atoms with Crippen molar-refractivity contribution in [3.63, 3.8) is 0 Å². The Kier molecular flexibility index (Phi) is 9.78. The van der Waals surface area contributed by atoms with Crippen LogP contribution in [0.3, 0.4) is 0 Å². The second-order valence-corrected chi connectivity index (χ2v) is 9.70. The van der Waals surface area contributed by atoms with Gasteiger partial charge in [-0.2, -0.15) is 17.6 Å². The summed E-state index contributed by atoms with van der Waals surface area (Å²) >= 11 is 0.921. The fourth-order valence-electron chi connectivity index (χ4n) is 3.45. The van der Waals surface area contributed by atoms with Crippen LogP contribution in [0.4, 0.5) is 26.3 Å². The highest BCUT2D eigenvalue weighted by Crippen LogP contribution is 2.38. The molecule has 0 amide bonds. The summed E-state index contributed by atoms with van der Waals surface area (Å²) in [6.07, 6.45) is -16.3. The first-order valence-electron chi connectivity index (χ1n) is 11.8. The van der Waals surface area contributed by atoms with E-state index in [1.54, 1.807) is 18.2 Å². The Hall–Kier alpha value is -2.96. The molecular weight excluding hydrogens is 550 g/mol. The van der Waals surface area contributed by atoms with E-state index in [0.29, 0.717) is 16.2 Å². The molecule has 5 nitrogen and oxygen atoms in total. The summed E-state index contributed by atoms with van der Waals surface area (Å²) in [5, 5.41) is 0.793. The molecular formula is C27H26F6O5S. The number of hydrogen-bond donors (Lipinski definition) is 0. The molecule has 0 aliphatic rings. The molecule has 212 valence electrons. The molecule has 0 saturated carbocycles. The Morgan fingerprint density at radius 2 is 1.64 bits per heavy atom. The van der Waals surface area contributed by atoms with Crippen molar-refractivity contribution in [3.8, 4) is 11.3 Å². The lowest BCUT2D eigenvalue weighted by atomic mass is 10.0. The van der Waals surface area contributed by atoms with Gasteiger partial charge in [0.15, 0.2) is 0 Å². The molecule has 0 aliphatic heterocycles. The average Bonchev–Trinajstić information content (AvgIpc) is 3.25. The summed E-state index contributed by atoms with van der Waals surface area (Å²) in [4.78, 5) is 11.7. The highest BCUT2D eigenvalue weighted by atomic mass is 32.2. The molecule has 0 atom stereocenters. The van der Waals surface area contributed by atoms with Gasteiger partial charge in [-0.15, -0.1) is 20.5 Å². The van der Waals surface area contributed by atoms with Gasteiger partial charge in [0.05, 0.1) is 13.0 Å². The fourth-order valence-corrected chi connectivity index (χ4v) is 4.38. The summed E-state index contributed by atoms with van der Waals surface area (Å²) in [7, 11) is 0. The van der Waals surface area contributed by atoms with Crippen molar-refractivity contribution in [3.05, 3.63) is 66.2 Å². The zero-order chi connectivity index (χ0) is 28.8. The number of alkyl halides is 6. The van der Waals surface area contributed by atoms with Gasteiger partial charge in [-0.05, 0) is 43.2 Å². The maximum atomic E-state index is 14.0. The normalized spacial score (nSPS) is 12.6. The number of furan rings is 1. The summed E-state index contributed by atoms with van der Waals surface area (Å²) in [6, 6.07) is 14.6. The minimum atomic E-state index is -5.31. The Morgan fingerprint density at radius 1 is 0.974 bits per heavy atom. The van der Waals surface area contributed by atoms with E-state index in [4.69, 9.17) is 4.42 Å². The van der Waals surface area contributed by atoms with Crippen molar-refractivity contribution < 1.29 is 49.8 Å². The van der Waals surface area contributed by atoms with Gasteiger partial charge in [0.25, 0.3) is 0 Å². The predicted molar refractivity (Wildman–Crippen MR) is 134 cm³/mol. The third-order valence-corrected chi connectivity index (χ3v) is 6.32. The van der Waals surface area contributed by atoms with E-state index in [1.807, 2.05) is 37.3 Å². The van der Waals surface area contributed by atoms with E-state index in [0.717, 1.165) is 34.7 Å². The molecule has 0 fully saturated rings. The smallest absolute Gasteiger partial charge is 0.462 e. The molecule has 0 saturated heterocycles. The monoisotopic (exact) mass is 576 g/mol. The molecule has 2 aromatic carbocycles. The average molecular weight is 577 g/mol. The predicted octanol–water partition coefficient (Wildman–Crippen LogP) is 8.42. The highest BCUT2D eigenvalue weighted by Gasteiger charge is 2.51. The number of rotatable bonds is 14. The van der Waals surface area contributed by atoms with Gasteiger partial charge < -0.3 is 9.15 Å². The highest BCUT2D eigenvalue weighted by molar-refractivity contribution is 7.99. The molecule has 0 bridgehead atoms. The molecule has 0 radical (unpaired) electrons. The molecule has 1 heterocycles. The molecule has 3 aromatic rings. The summed E-state index contributed by atoms with van der Waals surface area (Å²) in [6.45, 7) is 5.49. The fraction of sp³-hybridized carbons (Fsp3) is 0.370. The SMILES string of the molecule is C=C(C)C(=O)OCCC(F)(F)OC(F)(F)OC(F)(F)CCSc1ccc2cc(-c3ccccc3CC)oc2c1. The lowest BCUT2D eigenvalue weighted by Crippen LogP contribution is -2.41. The third-order valence-electron chi connectivity index (χ3n) is 5.33. The van der Waals surface area contributed by atoms with Crippen LogP contribution < -0.4 is 0 Å². The zero-order valence-electron chi connectivity index (χ0n) is 21.1. The van der Waals surface area contributed by atoms with Crippen molar-refractivity contribution in [1.82, 2.24) is 0 Å². The van der Waals surface area contributed by atoms with Crippen LogP contribution in [0.25, 0.3) is 22.3 Å². The van der Waals surface area contributed by atoms with E-state index in [-0.39, 0.29) is 11.3 Å². The van der Waals surface area contributed by atoms with Gasteiger partial charge in [-0.25, -0.2) is 14.3 Å². The van der Waals surface area contributed by atoms with E-state index < -0.39 is 43.9 Å². The van der Waals surface area contributed by atoms with E-state index in [1.165, 1.54) is 6.92 Å². The maximum absolute atomic E-state index is 14.0. The van der Waals surface area contributed by atoms with Crippen LogP contribution in [0, 0.1) is 0 Å². The largest absolute Gasteiger partial charge is 0.494 e. The Labute approximate surface area is 225 Å². The number of hydrogen-bond acceptors (Lipinski definition) is 6. The minimum absolute atomic E-state index is 0.100. The molecule has 3 rings (SSSR count). The van der Waals surface area contributed by atoms with Crippen LogP contribution >= 0.6 is 11.8 Å². The number of halogens is 6. The summed E-state index contributed by atoms with van der Waals surface area (Å²) < 4.78 is 99.5. The second-order valence-electron chi connectivity index (χ2n) is 8.53. The van der Waals surface area contributed by atoms with E-state index >= 15 is 0 Å². The van der Waals surface area contributed by atoms with Gasteiger partial charge >= 0.3 is 24.5 Å². The van der Waals surface area contributed by atoms with Crippen LogP contribution in [0.5, 0.6) is 0 Å². The topological polar surface area (TPSA) is 57.9 Å². The van der Waals surface area contributed by atoms with Gasteiger partial charge in [0.2, 0.25) is 0 Å². The van der Waals surface area contributed by atoms with Crippen LogP contribution in [-0.2, 0) is 25.4 Å². The summed E-state index contributed by atoms with van der Waals surface area (Å²) in [5.74, 6) is -0.752. The van der Waals surface area contributed by atoms with E-state index in [2.05, 4.69) is 20.8 Å². The van der Waals surface area contributed by atoms with Gasteiger partial charge in [-0.1, -0.05) is 37.8 Å². The van der Waals surface area contributed by atoms with Gasteiger partial charge in [0, 0.05) is 33.6 Å². The van der Waals surface area contributed by atoms with Gasteiger partial charge in [-0.3, -0.25) is 0 Å². The number of carbonyl (C=O) groups excluding carboxylic acids is 1. The first-order chi connectivity index (χ1) is 18.2. The van der Waals surface area contributed by atoms with Crippen molar-refractivity contribution in [2.75, 3.05) is 12.4 Å². The minimum Gasteiger partial charge on any atom is -0.462 e. The Balaban J connectivity index is 1.54. The molecule has 0 aliphatic carbocycles.